The predicted octanol–water partition coefficient (Wildman–Crippen LogP) is 1.31. The molecule has 5 nitrogen and oxygen atoms in total. The van der Waals surface area contributed by atoms with Gasteiger partial charge in [-0.05, 0) is 25.7 Å². The van der Waals surface area contributed by atoms with E-state index >= 15 is 0 Å². The lowest BCUT2D eigenvalue weighted by Crippen LogP contribution is -2.37. The van der Waals surface area contributed by atoms with Gasteiger partial charge in [0.25, 0.3) is 0 Å². The van der Waals surface area contributed by atoms with Crippen molar-refractivity contribution in [3.05, 3.63) is 11.2 Å². The molecule has 17 heavy (non-hydrogen) atoms. The molecule has 0 aliphatic carbocycles. The standard InChI is InChI=1S/C11H17ClN4O/c1-7(17)8-2-4-16(5-3-8)10-9(12)6-14-11(13)15-10/h6-8,17H,2-5H2,1H3,(H2,13,14,15). The molecule has 0 aromatic carbocycles. The minimum atomic E-state index is -0.247. The lowest BCUT2D eigenvalue weighted by Gasteiger charge is -2.34. The van der Waals surface area contributed by atoms with E-state index in [1.54, 1.807) is 0 Å². The molecule has 2 heterocycles. The van der Waals surface area contributed by atoms with E-state index in [0.717, 1.165) is 25.9 Å². The van der Waals surface area contributed by atoms with Gasteiger partial charge in [0.15, 0.2) is 5.82 Å². The molecular weight excluding hydrogens is 240 g/mol. The SMILES string of the molecule is CC(O)C1CCN(c2nc(N)ncc2Cl)CC1. The van der Waals surface area contributed by atoms with Gasteiger partial charge < -0.3 is 15.7 Å². The number of halogens is 1. The molecule has 0 radical (unpaired) electrons. The van der Waals surface area contributed by atoms with Crippen molar-refractivity contribution in [3.8, 4) is 0 Å². The van der Waals surface area contributed by atoms with Crippen LogP contribution in [0, 0.1) is 5.92 Å². The van der Waals surface area contributed by atoms with Gasteiger partial charge in [0.2, 0.25) is 5.95 Å². The second-order valence-corrected chi connectivity index (χ2v) is 4.87. The van der Waals surface area contributed by atoms with E-state index in [2.05, 4.69) is 14.9 Å². The summed E-state index contributed by atoms with van der Waals surface area (Å²) in [6.07, 6.45) is 3.17. The number of nitrogens with two attached hydrogens (primary N) is 1. The number of hydrogen-bond donors (Lipinski definition) is 2. The van der Waals surface area contributed by atoms with Crippen LogP contribution in [-0.4, -0.2) is 34.3 Å². The van der Waals surface area contributed by atoms with Gasteiger partial charge in [-0.25, -0.2) is 4.98 Å². The molecule has 0 spiro atoms. The number of piperidine rings is 1. The first-order chi connectivity index (χ1) is 8.08. The Labute approximate surface area is 106 Å². The van der Waals surface area contributed by atoms with Crippen LogP contribution in [0.3, 0.4) is 0 Å². The summed E-state index contributed by atoms with van der Waals surface area (Å²) in [4.78, 5) is 10.1. The highest BCUT2D eigenvalue weighted by atomic mass is 35.5. The molecule has 6 heteroatoms. The number of aliphatic hydroxyl groups excluding tert-OH is 1. The molecule has 94 valence electrons. The van der Waals surface area contributed by atoms with Crippen molar-refractivity contribution in [3.63, 3.8) is 0 Å². The fourth-order valence-corrected chi connectivity index (χ4v) is 2.40. The third-order valence-electron chi connectivity index (χ3n) is 3.27. The maximum Gasteiger partial charge on any atom is 0.222 e. The lowest BCUT2D eigenvalue weighted by molar-refractivity contribution is 0.110. The van der Waals surface area contributed by atoms with E-state index in [1.165, 1.54) is 6.20 Å². The quantitative estimate of drug-likeness (QED) is 0.835. The summed E-state index contributed by atoms with van der Waals surface area (Å²) in [7, 11) is 0. The van der Waals surface area contributed by atoms with Gasteiger partial charge in [-0.15, -0.1) is 0 Å². The monoisotopic (exact) mass is 256 g/mol. The number of aromatic nitrogens is 2. The van der Waals surface area contributed by atoms with Gasteiger partial charge in [-0.1, -0.05) is 11.6 Å². The fraction of sp³-hybridized carbons (Fsp3) is 0.636. The van der Waals surface area contributed by atoms with E-state index < -0.39 is 0 Å². The molecule has 2 rings (SSSR count). The van der Waals surface area contributed by atoms with Gasteiger partial charge in [0, 0.05) is 13.1 Å². The van der Waals surface area contributed by atoms with Gasteiger partial charge in [0.05, 0.1) is 12.3 Å². The van der Waals surface area contributed by atoms with E-state index in [9.17, 15) is 5.11 Å². The van der Waals surface area contributed by atoms with Crippen LogP contribution in [0.2, 0.25) is 5.02 Å². The minimum Gasteiger partial charge on any atom is -0.393 e. The van der Waals surface area contributed by atoms with Gasteiger partial charge in [0.1, 0.15) is 5.02 Å². The van der Waals surface area contributed by atoms with Gasteiger partial charge in [-0.3, -0.25) is 0 Å². The first kappa shape index (κ1) is 12.4. The highest BCUT2D eigenvalue weighted by Gasteiger charge is 2.24. The molecular formula is C11H17ClN4O. The zero-order valence-electron chi connectivity index (χ0n) is 9.80. The topological polar surface area (TPSA) is 75.3 Å². The number of anilines is 2. The average Bonchev–Trinajstić information content (AvgIpc) is 2.32. The molecule has 1 aliphatic heterocycles. The number of nitrogens with zero attached hydrogens (tertiary/aromatic N) is 3. The molecule has 1 aromatic heterocycles. The molecule has 1 unspecified atom stereocenters. The summed E-state index contributed by atoms with van der Waals surface area (Å²) in [5.41, 5.74) is 5.56. The zero-order valence-corrected chi connectivity index (χ0v) is 10.6. The number of nitrogen functional groups attached to an aromatic ring is 1. The molecule has 1 aromatic rings. The van der Waals surface area contributed by atoms with Crippen molar-refractivity contribution in [2.24, 2.45) is 5.92 Å². The van der Waals surface area contributed by atoms with Crippen molar-refractivity contribution in [2.45, 2.75) is 25.9 Å². The van der Waals surface area contributed by atoms with E-state index in [1.807, 2.05) is 6.92 Å². The smallest absolute Gasteiger partial charge is 0.222 e. The summed E-state index contributed by atoms with van der Waals surface area (Å²) < 4.78 is 0. The molecule has 3 N–H and O–H groups in total. The van der Waals surface area contributed by atoms with Crippen molar-refractivity contribution in [1.29, 1.82) is 0 Å². The Bertz CT molecular complexity index is 391. The number of rotatable bonds is 2. The average molecular weight is 257 g/mol. The molecule has 1 aliphatic rings. The van der Waals surface area contributed by atoms with Crippen LogP contribution in [0.4, 0.5) is 11.8 Å². The van der Waals surface area contributed by atoms with E-state index in [4.69, 9.17) is 17.3 Å². The molecule has 1 saturated heterocycles. The molecule has 0 bridgehead atoms. The Hall–Kier alpha value is -1.07. The first-order valence-corrected chi connectivity index (χ1v) is 6.16. The second-order valence-electron chi connectivity index (χ2n) is 4.46. The second kappa shape index (κ2) is 5.06. The van der Waals surface area contributed by atoms with Gasteiger partial charge in [-0.2, -0.15) is 4.98 Å². The highest BCUT2D eigenvalue weighted by Crippen LogP contribution is 2.28. The van der Waals surface area contributed by atoms with Crippen molar-refractivity contribution < 1.29 is 5.11 Å². The third kappa shape index (κ3) is 2.79. The first-order valence-electron chi connectivity index (χ1n) is 5.79. The van der Waals surface area contributed by atoms with Crippen LogP contribution in [0.5, 0.6) is 0 Å². The van der Waals surface area contributed by atoms with Crippen LogP contribution >= 0.6 is 11.6 Å². The Morgan fingerprint density at radius 2 is 2.18 bits per heavy atom. The van der Waals surface area contributed by atoms with Crippen LogP contribution < -0.4 is 10.6 Å². The van der Waals surface area contributed by atoms with Crippen molar-refractivity contribution >= 4 is 23.4 Å². The maximum absolute atomic E-state index is 9.54. The summed E-state index contributed by atoms with van der Waals surface area (Å²) in [6, 6.07) is 0. The third-order valence-corrected chi connectivity index (χ3v) is 3.53. The van der Waals surface area contributed by atoms with E-state index in [-0.39, 0.29) is 12.1 Å². The lowest BCUT2D eigenvalue weighted by atomic mass is 9.92. The Kier molecular flexibility index (Phi) is 3.69. The van der Waals surface area contributed by atoms with E-state index in [0.29, 0.717) is 16.8 Å². The van der Waals surface area contributed by atoms with Crippen molar-refractivity contribution in [2.75, 3.05) is 23.7 Å². The molecule has 1 atom stereocenters. The van der Waals surface area contributed by atoms with Gasteiger partial charge >= 0.3 is 0 Å². The summed E-state index contributed by atoms with van der Waals surface area (Å²) in [6.45, 7) is 3.52. The van der Waals surface area contributed by atoms with Crippen LogP contribution in [0.1, 0.15) is 19.8 Å². The van der Waals surface area contributed by atoms with Crippen LogP contribution in [-0.2, 0) is 0 Å². The molecule has 0 saturated carbocycles. The van der Waals surface area contributed by atoms with Crippen molar-refractivity contribution in [1.82, 2.24) is 9.97 Å². The highest BCUT2D eigenvalue weighted by molar-refractivity contribution is 6.32. The zero-order chi connectivity index (χ0) is 12.4. The summed E-state index contributed by atoms with van der Waals surface area (Å²) in [5.74, 6) is 1.30. The Balaban J connectivity index is 2.07. The molecule has 0 amide bonds. The fourth-order valence-electron chi connectivity index (χ4n) is 2.19. The number of aliphatic hydroxyl groups is 1. The predicted molar refractivity (Wildman–Crippen MR) is 68.1 cm³/mol. The van der Waals surface area contributed by atoms with Crippen LogP contribution in [0.15, 0.2) is 6.20 Å². The summed E-state index contributed by atoms with van der Waals surface area (Å²) in [5, 5.41) is 10.1. The molecule has 1 fully saturated rings. The van der Waals surface area contributed by atoms with Crippen LogP contribution in [0.25, 0.3) is 0 Å². The minimum absolute atomic E-state index is 0.238. The Morgan fingerprint density at radius 3 is 2.76 bits per heavy atom. The normalized spacial score (nSPS) is 19.4. The largest absolute Gasteiger partial charge is 0.393 e. The maximum atomic E-state index is 9.54. The number of hydrogen-bond acceptors (Lipinski definition) is 5. The summed E-state index contributed by atoms with van der Waals surface area (Å²) >= 11 is 6.06. The Morgan fingerprint density at radius 1 is 1.53 bits per heavy atom.